The molecule has 6 heteroatoms. The van der Waals surface area contributed by atoms with Crippen LogP contribution in [0, 0.1) is 0 Å². The molecule has 0 fully saturated rings. The van der Waals surface area contributed by atoms with Gasteiger partial charge in [-0.2, -0.15) is 0 Å². The maximum Gasteiger partial charge on any atom is 0.335 e. The van der Waals surface area contributed by atoms with Crippen LogP contribution in [-0.2, 0) is 4.79 Å². The number of carbonyl (C=O) groups excluding carboxylic acids is 1. The van der Waals surface area contributed by atoms with Gasteiger partial charge in [-0.15, -0.1) is 0 Å². The molecule has 0 atom stereocenters. The first kappa shape index (κ1) is 17.5. The zero-order valence-corrected chi connectivity index (χ0v) is 13.1. The third-order valence-corrected chi connectivity index (χ3v) is 3.37. The number of unbranched alkanes of at least 4 members (excludes halogenated alkanes) is 2. The van der Waals surface area contributed by atoms with Crippen molar-refractivity contribution < 1.29 is 14.7 Å². The van der Waals surface area contributed by atoms with Gasteiger partial charge in [-0.1, -0.05) is 31.4 Å². The Morgan fingerprint density at radius 3 is 2.67 bits per heavy atom. The van der Waals surface area contributed by atoms with Gasteiger partial charge in [0.25, 0.3) is 0 Å². The molecule has 21 heavy (non-hydrogen) atoms. The van der Waals surface area contributed by atoms with Gasteiger partial charge in [-0.3, -0.25) is 9.69 Å². The zero-order valence-electron chi connectivity index (χ0n) is 12.4. The summed E-state index contributed by atoms with van der Waals surface area (Å²) in [7, 11) is 1.88. The van der Waals surface area contributed by atoms with Crippen LogP contribution >= 0.6 is 11.6 Å². The first-order valence-corrected chi connectivity index (χ1v) is 7.33. The highest BCUT2D eigenvalue weighted by Crippen LogP contribution is 2.23. The summed E-state index contributed by atoms with van der Waals surface area (Å²) in [6, 6.07) is 4.22. The zero-order chi connectivity index (χ0) is 15.8. The number of rotatable bonds is 8. The topological polar surface area (TPSA) is 69.6 Å². The van der Waals surface area contributed by atoms with E-state index in [1.807, 2.05) is 11.9 Å². The van der Waals surface area contributed by atoms with E-state index in [1.54, 1.807) is 0 Å². The summed E-state index contributed by atoms with van der Waals surface area (Å²) >= 11 is 5.96. The predicted molar refractivity (Wildman–Crippen MR) is 84.1 cm³/mol. The number of amides is 1. The average Bonchev–Trinajstić information content (AvgIpc) is 2.41. The molecule has 0 saturated heterocycles. The van der Waals surface area contributed by atoms with Gasteiger partial charge < -0.3 is 10.4 Å². The van der Waals surface area contributed by atoms with E-state index in [9.17, 15) is 9.59 Å². The third-order valence-electron chi connectivity index (χ3n) is 3.04. The summed E-state index contributed by atoms with van der Waals surface area (Å²) in [6.45, 7) is 3.23. The molecule has 5 nitrogen and oxygen atoms in total. The van der Waals surface area contributed by atoms with E-state index >= 15 is 0 Å². The molecule has 0 saturated carbocycles. The van der Waals surface area contributed by atoms with Crippen LogP contribution in [0.25, 0.3) is 0 Å². The molecule has 0 aliphatic heterocycles. The Kier molecular flexibility index (Phi) is 7.19. The van der Waals surface area contributed by atoms with Crippen LogP contribution in [0.15, 0.2) is 18.2 Å². The lowest BCUT2D eigenvalue weighted by atomic mass is 10.2. The summed E-state index contributed by atoms with van der Waals surface area (Å²) in [5.74, 6) is -1.27. The van der Waals surface area contributed by atoms with Gasteiger partial charge in [0.1, 0.15) is 0 Å². The second-order valence-corrected chi connectivity index (χ2v) is 5.40. The molecule has 1 aromatic rings. The molecular weight excluding hydrogens is 292 g/mol. The Hall–Kier alpha value is -1.59. The van der Waals surface area contributed by atoms with Crippen molar-refractivity contribution in [2.75, 3.05) is 25.5 Å². The molecule has 0 aliphatic rings. The monoisotopic (exact) mass is 312 g/mol. The van der Waals surface area contributed by atoms with Crippen LogP contribution in [0.1, 0.15) is 36.5 Å². The maximum atomic E-state index is 11.9. The van der Waals surface area contributed by atoms with Crippen molar-refractivity contribution in [2.45, 2.75) is 26.2 Å². The fourth-order valence-electron chi connectivity index (χ4n) is 1.90. The van der Waals surface area contributed by atoms with E-state index in [2.05, 4.69) is 12.2 Å². The number of hydrogen-bond acceptors (Lipinski definition) is 3. The Bertz CT molecular complexity index is 506. The third kappa shape index (κ3) is 6.14. The van der Waals surface area contributed by atoms with Gasteiger partial charge in [0.15, 0.2) is 0 Å². The predicted octanol–water partition coefficient (Wildman–Crippen LogP) is 3.10. The molecule has 0 bridgehead atoms. The number of benzene rings is 1. The minimum Gasteiger partial charge on any atom is -0.478 e. The highest BCUT2D eigenvalue weighted by molar-refractivity contribution is 6.33. The smallest absolute Gasteiger partial charge is 0.335 e. The van der Waals surface area contributed by atoms with E-state index < -0.39 is 5.97 Å². The fourth-order valence-corrected chi connectivity index (χ4v) is 2.06. The summed E-state index contributed by atoms with van der Waals surface area (Å²) in [5.41, 5.74) is 0.412. The van der Waals surface area contributed by atoms with E-state index in [-0.39, 0.29) is 18.0 Å². The van der Waals surface area contributed by atoms with Crippen LogP contribution in [0.3, 0.4) is 0 Å². The van der Waals surface area contributed by atoms with Crippen molar-refractivity contribution in [2.24, 2.45) is 0 Å². The summed E-state index contributed by atoms with van der Waals surface area (Å²) in [6.07, 6.45) is 3.33. The van der Waals surface area contributed by atoms with Crippen LogP contribution in [0.4, 0.5) is 5.69 Å². The number of carboxylic acids is 1. The minimum atomic E-state index is -1.06. The first-order valence-electron chi connectivity index (χ1n) is 6.95. The van der Waals surface area contributed by atoms with Crippen LogP contribution < -0.4 is 5.32 Å². The standard InChI is InChI=1S/C15H21ClN2O3/c1-3-4-5-8-18(2)10-14(19)17-13-9-11(15(20)21)6-7-12(13)16/h6-7,9H,3-5,8,10H2,1-2H3,(H,17,19)(H,20,21). The van der Waals surface area contributed by atoms with Crippen molar-refractivity contribution in [1.82, 2.24) is 4.90 Å². The second kappa shape index (κ2) is 8.64. The van der Waals surface area contributed by atoms with Gasteiger partial charge in [0, 0.05) is 0 Å². The number of carbonyl (C=O) groups is 2. The molecular formula is C15H21ClN2O3. The van der Waals surface area contributed by atoms with Crippen molar-refractivity contribution in [3.8, 4) is 0 Å². The van der Waals surface area contributed by atoms with Crippen molar-refractivity contribution in [1.29, 1.82) is 0 Å². The molecule has 0 aliphatic carbocycles. The van der Waals surface area contributed by atoms with Crippen LogP contribution in [0.2, 0.25) is 5.02 Å². The summed E-state index contributed by atoms with van der Waals surface area (Å²) in [4.78, 5) is 24.8. The van der Waals surface area contributed by atoms with Crippen molar-refractivity contribution in [3.63, 3.8) is 0 Å². The quantitative estimate of drug-likeness (QED) is 0.724. The number of anilines is 1. The fraction of sp³-hybridized carbons (Fsp3) is 0.467. The van der Waals surface area contributed by atoms with E-state index in [0.29, 0.717) is 10.7 Å². The van der Waals surface area contributed by atoms with Gasteiger partial charge in [0.2, 0.25) is 5.91 Å². The van der Waals surface area contributed by atoms with Crippen LogP contribution in [-0.4, -0.2) is 42.0 Å². The highest BCUT2D eigenvalue weighted by Gasteiger charge is 2.11. The molecule has 1 amide bonds. The molecule has 0 heterocycles. The maximum absolute atomic E-state index is 11.9. The highest BCUT2D eigenvalue weighted by atomic mass is 35.5. The summed E-state index contributed by atoms with van der Waals surface area (Å²) < 4.78 is 0. The molecule has 1 rings (SSSR count). The lowest BCUT2D eigenvalue weighted by Gasteiger charge is -2.16. The number of hydrogen-bond donors (Lipinski definition) is 2. The Labute approximate surface area is 129 Å². The number of nitrogens with zero attached hydrogens (tertiary/aromatic N) is 1. The van der Waals surface area contributed by atoms with Crippen molar-refractivity contribution in [3.05, 3.63) is 28.8 Å². The molecule has 0 aromatic heterocycles. The number of aromatic carboxylic acids is 1. The normalized spacial score (nSPS) is 10.7. The van der Waals surface area contributed by atoms with E-state index in [1.165, 1.54) is 18.2 Å². The van der Waals surface area contributed by atoms with Gasteiger partial charge in [-0.05, 0) is 38.2 Å². The molecule has 0 spiro atoms. The number of carboxylic acid groups (broad SMARTS) is 1. The molecule has 2 N–H and O–H groups in total. The van der Waals surface area contributed by atoms with Gasteiger partial charge >= 0.3 is 5.97 Å². The first-order chi connectivity index (χ1) is 9.93. The van der Waals surface area contributed by atoms with Crippen LogP contribution in [0.5, 0.6) is 0 Å². The lowest BCUT2D eigenvalue weighted by Crippen LogP contribution is -2.31. The number of halogens is 1. The van der Waals surface area contributed by atoms with Gasteiger partial charge in [-0.25, -0.2) is 4.79 Å². The molecule has 0 unspecified atom stereocenters. The van der Waals surface area contributed by atoms with Crippen molar-refractivity contribution >= 4 is 29.2 Å². The average molecular weight is 313 g/mol. The minimum absolute atomic E-state index is 0.0889. The van der Waals surface area contributed by atoms with Gasteiger partial charge in [0.05, 0.1) is 22.8 Å². The number of nitrogens with one attached hydrogen (secondary N) is 1. The second-order valence-electron chi connectivity index (χ2n) is 4.99. The Balaban J connectivity index is 2.58. The molecule has 1 aromatic carbocycles. The SMILES string of the molecule is CCCCCN(C)CC(=O)Nc1cc(C(=O)O)ccc1Cl. The lowest BCUT2D eigenvalue weighted by molar-refractivity contribution is -0.117. The summed E-state index contributed by atoms with van der Waals surface area (Å²) in [5, 5.41) is 11.9. The van der Waals surface area contributed by atoms with E-state index in [0.717, 1.165) is 25.8 Å². The largest absolute Gasteiger partial charge is 0.478 e. The molecule has 0 radical (unpaired) electrons. The van der Waals surface area contributed by atoms with E-state index in [4.69, 9.17) is 16.7 Å². The molecule has 116 valence electrons. The Morgan fingerprint density at radius 2 is 2.05 bits per heavy atom. The Morgan fingerprint density at radius 1 is 1.33 bits per heavy atom. The number of likely N-dealkylation sites (N-methyl/N-ethyl adjacent to an activating group) is 1.